The molecule has 0 aliphatic heterocycles. The molecule has 0 bridgehead atoms. The second kappa shape index (κ2) is 4.61. The molecule has 16 heavy (non-hydrogen) atoms. The summed E-state index contributed by atoms with van der Waals surface area (Å²) in [6.45, 7) is 0. The highest BCUT2D eigenvalue weighted by atomic mass is 79.9. The number of benzene rings is 1. The fourth-order valence-electron chi connectivity index (χ4n) is 1.45. The van der Waals surface area contributed by atoms with E-state index < -0.39 is 17.7 Å². The molecule has 1 heterocycles. The number of thiophene rings is 1. The highest BCUT2D eigenvalue weighted by Crippen LogP contribution is 2.29. The minimum Gasteiger partial charge on any atom is -0.320 e. The molecule has 0 spiro atoms. The molecule has 2 aromatic rings. The van der Waals surface area contributed by atoms with Gasteiger partial charge in [0.25, 0.3) is 0 Å². The Morgan fingerprint density at radius 1 is 1.25 bits per heavy atom. The molecule has 1 atom stereocenters. The molecule has 1 aromatic carbocycles. The molecule has 0 aliphatic carbocycles. The lowest BCUT2D eigenvalue weighted by Gasteiger charge is -2.13. The predicted molar refractivity (Wildman–Crippen MR) is 64.4 cm³/mol. The minimum atomic E-state index is -0.774. The van der Waals surface area contributed by atoms with Crippen LogP contribution in [0.3, 0.4) is 0 Å². The van der Waals surface area contributed by atoms with Gasteiger partial charge in [-0.05, 0) is 50.5 Å². The van der Waals surface area contributed by atoms with Crippen molar-refractivity contribution in [1.29, 1.82) is 0 Å². The summed E-state index contributed by atoms with van der Waals surface area (Å²) in [6, 6.07) is 3.52. The van der Waals surface area contributed by atoms with E-state index in [2.05, 4.69) is 15.9 Å². The summed E-state index contributed by atoms with van der Waals surface area (Å²) < 4.78 is 27.5. The van der Waals surface area contributed by atoms with Crippen LogP contribution in [-0.4, -0.2) is 0 Å². The quantitative estimate of drug-likeness (QED) is 0.838. The second-order valence-electron chi connectivity index (χ2n) is 3.29. The maximum Gasteiger partial charge on any atom is 0.145 e. The predicted octanol–water partition coefficient (Wildman–Crippen LogP) is 3.84. The van der Waals surface area contributed by atoms with Crippen molar-refractivity contribution < 1.29 is 8.78 Å². The molecule has 2 N–H and O–H groups in total. The molecule has 1 aromatic heterocycles. The lowest BCUT2D eigenvalue weighted by atomic mass is 10.0. The Morgan fingerprint density at radius 3 is 2.62 bits per heavy atom. The normalized spacial score (nSPS) is 12.8. The van der Waals surface area contributed by atoms with Gasteiger partial charge < -0.3 is 5.73 Å². The van der Waals surface area contributed by atoms with Gasteiger partial charge in [-0.1, -0.05) is 0 Å². The number of rotatable bonds is 2. The summed E-state index contributed by atoms with van der Waals surface area (Å²) in [7, 11) is 0. The van der Waals surface area contributed by atoms with Crippen LogP contribution in [0.25, 0.3) is 0 Å². The third-order valence-electron chi connectivity index (χ3n) is 2.29. The van der Waals surface area contributed by atoms with Crippen molar-refractivity contribution >= 4 is 27.3 Å². The number of nitrogens with two attached hydrogens (primary N) is 1. The zero-order chi connectivity index (χ0) is 11.7. The summed E-state index contributed by atoms with van der Waals surface area (Å²) >= 11 is 4.46. The second-order valence-corrected chi connectivity index (χ2v) is 4.93. The van der Waals surface area contributed by atoms with Gasteiger partial charge in [0.2, 0.25) is 0 Å². The van der Waals surface area contributed by atoms with Crippen molar-refractivity contribution in [2.24, 2.45) is 5.73 Å². The Labute approximate surface area is 104 Å². The van der Waals surface area contributed by atoms with Gasteiger partial charge in [-0.2, -0.15) is 11.3 Å². The lowest BCUT2D eigenvalue weighted by Crippen LogP contribution is -2.15. The fraction of sp³-hybridized carbons (Fsp3) is 0.0909. The maximum absolute atomic E-state index is 13.7. The summed E-state index contributed by atoms with van der Waals surface area (Å²) in [5.41, 5.74) is 6.44. The van der Waals surface area contributed by atoms with Crippen LogP contribution in [-0.2, 0) is 0 Å². The Hall–Kier alpha value is -0.780. The molecule has 0 amide bonds. The molecule has 84 valence electrons. The first-order valence-electron chi connectivity index (χ1n) is 4.52. The van der Waals surface area contributed by atoms with E-state index in [9.17, 15) is 8.78 Å². The molecular formula is C11H8BrF2NS. The van der Waals surface area contributed by atoms with Crippen LogP contribution in [0.4, 0.5) is 8.78 Å². The summed E-state index contributed by atoms with van der Waals surface area (Å²) in [6.07, 6.45) is 0. The van der Waals surface area contributed by atoms with E-state index in [1.54, 1.807) is 11.4 Å². The van der Waals surface area contributed by atoms with Gasteiger partial charge in [-0.15, -0.1) is 0 Å². The van der Waals surface area contributed by atoms with Crippen LogP contribution in [0.2, 0.25) is 0 Å². The van der Waals surface area contributed by atoms with Crippen molar-refractivity contribution in [3.05, 3.63) is 56.2 Å². The highest BCUT2D eigenvalue weighted by Gasteiger charge is 2.20. The van der Waals surface area contributed by atoms with E-state index in [0.29, 0.717) is 5.56 Å². The largest absolute Gasteiger partial charge is 0.320 e. The third-order valence-corrected chi connectivity index (χ3v) is 3.61. The molecule has 2 rings (SSSR count). The standard InChI is InChI=1S/C11H8BrF2NS/c12-7-1-2-8(13)9(10(7)14)11(15)6-3-4-16-5-6/h1-5,11H,15H2/t11-/m1/s1. The van der Waals surface area contributed by atoms with Crippen LogP contribution in [0.15, 0.2) is 33.4 Å². The average molecular weight is 304 g/mol. The Kier molecular flexibility index (Phi) is 3.37. The molecule has 0 saturated heterocycles. The van der Waals surface area contributed by atoms with Gasteiger partial charge in [0.15, 0.2) is 0 Å². The summed E-state index contributed by atoms with van der Waals surface area (Å²) in [5.74, 6) is -1.27. The van der Waals surface area contributed by atoms with Gasteiger partial charge in [-0.3, -0.25) is 0 Å². The van der Waals surface area contributed by atoms with E-state index >= 15 is 0 Å². The SMILES string of the molecule is N[C@H](c1ccsc1)c1c(F)ccc(Br)c1F. The van der Waals surface area contributed by atoms with E-state index in [-0.39, 0.29) is 10.0 Å². The minimum absolute atomic E-state index is 0.104. The van der Waals surface area contributed by atoms with Crippen LogP contribution < -0.4 is 5.73 Å². The van der Waals surface area contributed by atoms with Crippen LogP contribution >= 0.6 is 27.3 Å². The smallest absolute Gasteiger partial charge is 0.145 e. The first kappa shape index (κ1) is 11.7. The average Bonchev–Trinajstić information content (AvgIpc) is 2.77. The maximum atomic E-state index is 13.7. The lowest BCUT2D eigenvalue weighted by molar-refractivity contribution is 0.539. The molecule has 0 fully saturated rings. The Bertz CT molecular complexity index is 499. The van der Waals surface area contributed by atoms with Crippen molar-refractivity contribution in [2.45, 2.75) is 6.04 Å². The van der Waals surface area contributed by atoms with Gasteiger partial charge in [0, 0.05) is 5.56 Å². The van der Waals surface area contributed by atoms with Gasteiger partial charge >= 0.3 is 0 Å². The Morgan fingerprint density at radius 2 is 2.00 bits per heavy atom. The monoisotopic (exact) mass is 303 g/mol. The number of halogens is 3. The van der Waals surface area contributed by atoms with Crippen molar-refractivity contribution in [3.8, 4) is 0 Å². The molecule has 0 aliphatic rings. The van der Waals surface area contributed by atoms with Crippen LogP contribution in [0.5, 0.6) is 0 Å². The fourth-order valence-corrected chi connectivity index (χ4v) is 2.49. The van der Waals surface area contributed by atoms with Gasteiger partial charge in [0.1, 0.15) is 11.6 Å². The Balaban J connectivity index is 2.52. The van der Waals surface area contributed by atoms with E-state index in [4.69, 9.17) is 5.73 Å². The van der Waals surface area contributed by atoms with E-state index in [1.807, 2.05) is 5.38 Å². The highest BCUT2D eigenvalue weighted by molar-refractivity contribution is 9.10. The molecule has 5 heteroatoms. The molecular weight excluding hydrogens is 296 g/mol. The topological polar surface area (TPSA) is 26.0 Å². The zero-order valence-corrected chi connectivity index (χ0v) is 10.5. The number of hydrogen-bond donors (Lipinski definition) is 1. The van der Waals surface area contributed by atoms with Crippen LogP contribution in [0.1, 0.15) is 17.2 Å². The summed E-state index contributed by atoms with van der Waals surface area (Å²) in [4.78, 5) is 0. The first-order valence-corrected chi connectivity index (χ1v) is 6.26. The molecule has 1 nitrogen and oxygen atoms in total. The van der Waals surface area contributed by atoms with Crippen LogP contribution in [0, 0.1) is 11.6 Å². The number of hydrogen-bond acceptors (Lipinski definition) is 2. The van der Waals surface area contributed by atoms with Crippen molar-refractivity contribution in [2.75, 3.05) is 0 Å². The third kappa shape index (κ3) is 2.03. The van der Waals surface area contributed by atoms with Gasteiger partial charge in [-0.25, -0.2) is 8.78 Å². The molecule has 0 radical (unpaired) electrons. The van der Waals surface area contributed by atoms with E-state index in [0.717, 1.165) is 0 Å². The zero-order valence-electron chi connectivity index (χ0n) is 8.08. The molecule has 0 unspecified atom stereocenters. The summed E-state index contributed by atoms with van der Waals surface area (Å²) in [5, 5.41) is 3.60. The van der Waals surface area contributed by atoms with Crippen molar-refractivity contribution in [3.63, 3.8) is 0 Å². The molecule has 0 saturated carbocycles. The van der Waals surface area contributed by atoms with Gasteiger partial charge in [0.05, 0.1) is 10.5 Å². The van der Waals surface area contributed by atoms with Crippen molar-refractivity contribution in [1.82, 2.24) is 0 Å². The van der Waals surface area contributed by atoms with E-state index in [1.165, 1.54) is 23.5 Å². The first-order chi connectivity index (χ1) is 7.61.